The van der Waals surface area contributed by atoms with Gasteiger partial charge in [-0.05, 0) is 37.1 Å². The maximum Gasteiger partial charge on any atom is 0.243 e. The minimum atomic E-state index is -0.107. The van der Waals surface area contributed by atoms with Crippen LogP contribution in [0.15, 0.2) is 24.3 Å². The molecule has 19 heavy (non-hydrogen) atoms. The molecular formula is C15H22N2O2. The molecular weight excluding hydrogens is 240 g/mol. The molecule has 1 amide bonds. The smallest absolute Gasteiger partial charge is 0.243 e. The number of likely N-dealkylation sites (N-methyl/N-ethyl adjacent to an activating group) is 1. The monoisotopic (exact) mass is 262 g/mol. The Morgan fingerprint density at radius 3 is 2.84 bits per heavy atom. The molecule has 0 fully saturated rings. The van der Waals surface area contributed by atoms with E-state index < -0.39 is 0 Å². The van der Waals surface area contributed by atoms with E-state index in [0.29, 0.717) is 24.6 Å². The Labute approximate surface area is 114 Å². The van der Waals surface area contributed by atoms with E-state index in [0.717, 1.165) is 18.4 Å². The summed E-state index contributed by atoms with van der Waals surface area (Å²) in [6.45, 7) is 5.29. The molecule has 1 rings (SSSR count). The number of rotatable bonds is 7. The Morgan fingerprint density at radius 2 is 2.21 bits per heavy atom. The average Bonchev–Trinajstić information content (AvgIpc) is 2.39. The molecule has 0 saturated carbocycles. The van der Waals surface area contributed by atoms with E-state index in [2.05, 4.69) is 12.2 Å². The van der Waals surface area contributed by atoms with Crippen molar-refractivity contribution in [1.29, 1.82) is 0 Å². The number of amides is 1. The van der Waals surface area contributed by atoms with Gasteiger partial charge in [-0.15, -0.1) is 0 Å². The minimum Gasteiger partial charge on any atom is -0.491 e. The highest BCUT2D eigenvalue weighted by molar-refractivity contribution is 5.91. The Kier molecular flexibility index (Phi) is 6.50. The summed E-state index contributed by atoms with van der Waals surface area (Å²) in [5, 5.41) is 2.69. The Morgan fingerprint density at radius 1 is 1.42 bits per heavy atom. The summed E-state index contributed by atoms with van der Waals surface area (Å²) in [6.07, 6.45) is 5.33. The number of hydrogen-bond donors (Lipinski definition) is 2. The lowest BCUT2D eigenvalue weighted by atomic mass is 10.1. The quantitative estimate of drug-likeness (QED) is 0.451. The van der Waals surface area contributed by atoms with Crippen molar-refractivity contribution in [2.45, 2.75) is 26.7 Å². The largest absolute Gasteiger partial charge is 0.491 e. The SMILES string of the molecule is CCCCOc1ccc(/C=C\C(=O)NCC)cc1N. The Bertz CT molecular complexity index is 442. The van der Waals surface area contributed by atoms with Gasteiger partial charge in [-0.3, -0.25) is 4.79 Å². The Hall–Kier alpha value is -1.97. The third kappa shape index (κ3) is 5.46. The van der Waals surface area contributed by atoms with E-state index >= 15 is 0 Å². The lowest BCUT2D eigenvalue weighted by molar-refractivity contribution is -0.116. The van der Waals surface area contributed by atoms with Crippen molar-refractivity contribution < 1.29 is 9.53 Å². The zero-order valence-electron chi connectivity index (χ0n) is 11.6. The molecule has 4 nitrogen and oxygen atoms in total. The van der Waals surface area contributed by atoms with Crippen molar-refractivity contribution in [1.82, 2.24) is 5.32 Å². The van der Waals surface area contributed by atoms with Crippen molar-refractivity contribution in [2.75, 3.05) is 18.9 Å². The van der Waals surface area contributed by atoms with Crippen LogP contribution in [0.25, 0.3) is 6.08 Å². The fourth-order valence-corrected chi connectivity index (χ4v) is 1.53. The molecule has 1 aromatic rings. The van der Waals surface area contributed by atoms with Crippen LogP contribution < -0.4 is 15.8 Å². The molecule has 0 heterocycles. The van der Waals surface area contributed by atoms with Crippen molar-refractivity contribution >= 4 is 17.7 Å². The molecule has 0 aliphatic carbocycles. The van der Waals surface area contributed by atoms with Gasteiger partial charge in [0.25, 0.3) is 0 Å². The first-order valence-electron chi connectivity index (χ1n) is 6.65. The number of ether oxygens (including phenoxy) is 1. The van der Waals surface area contributed by atoms with Crippen molar-refractivity contribution in [3.8, 4) is 5.75 Å². The van der Waals surface area contributed by atoms with Gasteiger partial charge >= 0.3 is 0 Å². The molecule has 0 aliphatic rings. The predicted molar refractivity (Wildman–Crippen MR) is 79.0 cm³/mol. The number of carbonyl (C=O) groups excluding carboxylic acids is 1. The highest BCUT2D eigenvalue weighted by atomic mass is 16.5. The van der Waals surface area contributed by atoms with Gasteiger partial charge in [-0.2, -0.15) is 0 Å². The fraction of sp³-hybridized carbons (Fsp3) is 0.400. The van der Waals surface area contributed by atoms with Crippen LogP contribution in [0.2, 0.25) is 0 Å². The van der Waals surface area contributed by atoms with Crippen LogP contribution in [-0.2, 0) is 4.79 Å². The van der Waals surface area contributed by atoms with E-state index in [1.807, 2.05) is 19.1 Å². The summed E-state index contributed by atoms with van der Waals surface area (Å²) < 4.78 is 5.57. The normalized spacial score (nSPS) is 10.6. The third-order valence-corrected chi connectivity index (χ3v) is 2.57. The second-order valence-electron chi connectivity index (χ2n) is 4.23. The highest BCUT2D eigenvalue weighted by Crippen LogP contribution is 2.23. The van der Waals surface area contributed by atoms with Gasteiger partial charge in [-0.25, -0.2) is 0 Å². The van der Waals surface area contributed by atoms with Crippen LogP contribution >= 0.6 is 0 Å². The predicted octanol–water partition coefficient (Wildman–Crippen LogP) is 2.60. The fourth-order valence-electron chi connectivity index (χ4n) is 1.53. The molecule has 0 saturated heterocycles. The molecule has 0 bridgehead atoms. The number of carbonyl (C=O) groups is 1. The van der Waals surface area contributed by atoms with Crippen LogP contribution in [0.5, 0.6) is 5.75 Å². The molecule has 0 unspecified atom stereocenters. The van der Waals surface area contributed by atoms with Crippen LogP contribution in [0.4, 0.5) is 5.69 Å². The van der Waals surface area contributed by atoms with Crippen molar-refractivity contribution in [3.63, 3.8) is 0 Å². The van der Waals surface area contributed by atoms with Gasteiger partial charge < -0.3 is 15.8 Å². The standard InChI is InChI=1S/C15H22N2O2/c1-3-5-10-19-14-8-6-12(11-13(14)16)7-9-15(18)17-4-2/h6-9,11H,3-5,10,16H2,1-2H3,(H,17,18)/b9-7-. The summed E-state index contributed by atoms with van der Waals surface area (Å²) in [5.74, 6) is 0.591. The van der Waals surface area contributed by atoms with E-state index in [-0.39, 0.29) is 5.91 Å². The summed E-state index contributed by atoms with van der Waals surface area (Å²) in [7, 11) is 0. The minimum absolute atomic E-state index is 0.107. The molecule has 1 aromatic carbocycles. The van der Waals surface area contributed by atoms with Gasteiger partial charge in [0.2, 0.25) is 5.91 Å². The molecule has 4 heteroatoms. The third-order valence-electron chi connectivity index (χ3n) is 2.57. The number of benzene rings is 1. The molecule has 3 N–H and O–H groups in total. The first-order chi connectivity index (χ1) is 9.17. The number of nitrogen functional groups attached to an aromatic ring is 1. The number of nitrogens with one attached hydrogen (secondary N) is 1. The van der Waals surface area contributed by atoms with Gasteiger partial charge in [0.15, 0.2) is 0 Å². The maximum absolute atomic E-state index is 11.3. The average molecular weight is 262 g/mol. The summed E-state index contributed by atoms with van der Waals surface area (Å²) in [4.78, 5) is 11.3. The number of hydrogen-bond acceptors (Lipinski definition) is 3. The van der Waals surface area contributed by atoms with Crippen molar-refractivity contribution in [2.24, 2.45) is 0 Å². The van der Waals surface area contributed by atoms with Gasteiger partial charge in [0, 0.05) is 12.6 Å². The molecule has 0 aromatic heterocycles. The van der Waals surface area contributed by atoms with Crippen LogP contribution in [0.3, 0.4) is 0 Å². The first kappa shape index (κ1) is 15.1. The second-order valence-corrected chi connectivity index (χ2v) is 4.23. The molecule has 0 atom stereocenters. The summed E-state index contributed by atoms with van der Waals surface area (Å²) in [5.41, 5.74) is 7.38. The molecule has 0 aliphatic heterocycles. The number of anilines is 1. The molecule has 0 spiro atoms. The van der Waals surface area contributed by atoms with E-state index in [9.17, 15) is 4.79 Å². The van der Waals surface area contributed by atoms with E-state index in [4.69, 9.17) is 10.5 Å². The second kappa shape index (κ2) is 8.19. The lowest BCUT2D eigenvalue weighted by Crippen LogP contribution is -2.19. The van der Waals surface area contributed by atoms with Crippen LogP contribution in [0.1, 0.15) is 32.3 Å². The highest BCUT2D eigenvalue weighted by Gasteiger charge is 2.01. The van der Waals surface area contributed by atoms with Gasteiger partial charge in [0.1, 0.15) is 5.75 Å². The van der Waals surface area contributed by atoms with Gasteiger partial charge in [0.05, 0.1) is 12.3 Å². The van der Waals surface area contributed by atoms with Crippen molar-refractivity contribution in [3.05, 3.63) is 29.8 Å². The maximum atomic E-state index is 11.3. The number of unbranched alkanes of at least 4 members (excludes halogenated alkanes) is 1. The number of nitrogens with two attached hydrogens (primary N) is 1. The van der Waals surface area contributed by atoms with E-state index in [1.165, 1.54) is 6.08 Å². The molecule has 0 radical (unpaired) electrons. The summed E-state index contributed by atoms with van der Waals surface area (Å²) >= 11 is 0. The van der Waals surface area contributed by atoms with Crippen LogP contribution in [0, 0.1) is 0 Å². The zero-order chi connectivity index (χ0) is 14.1. The van der Waals surface area contributed by atoms with E-state index in [1.54, 1.807) is 12.1 Å². The summed E-state index contributed by atoms with van der Waals surface area (Å²) in [6, 6.07) is 5.52. The topological polar surface area (TPSA) is 64.3 Å². The zero-order valence-corrected chi connectivity index (χ0v) is 11.6. The van der Waals surface area contributed by atoms with Gasteiger partial charge in [-0.1, -0.05) is 19.4 Å². The lowest BCUT2D eigenvalue weighted by Gasteiger charge is -2.08. The van der Waals surface area contributed by atoms with Crippen LogP contribution in [-0.4, -0.2) is 19.1 Å². The Balaban J connectivity index is 2.63. The molecule has 104 valence electrons. The first-order valence-corrected chi connectivity index (χ1v) is 6.65.